The van der Waals surface area contributed by atoms with Crippen molar-refractivity contribution in [1.82, 2.24) is 15.1 Å². The Hall–Kier alpha value is -3.64. The lowest BCUT2D eigenvalue weighted by atomic mass is 10.1. The molecular formula is C26H23N3O2S. The molecule has 0 saturated heterocycles. The Kier molecular flexibility index (Phi) is 6.52. The minimum atomic E-state index is -0.229. The second-order valence-electron chi connectivity index (χ2n) is 7.49. The SMILES string of the molecule is Cc1ccc(Sc2ccc(=O)n(-c3ccc(C(=O)NC(C)c4ccccc4)cc3)n2)cc1. The second kappa shape index (κ2) is 9.66. The Bertz CT molecular complexity index is 1270. The normalized spacial score (nSPS) is 11.7. The number of hydrogen-bond donors (Lipinski definition) is 1. The van der Waals surface area contributed by atoms with E-state index in [1.54, 1.807) is 30.3 Å². The smallest absolute Gasteiger partial charge is 0.271 e. The van der Waals surface area contributed by atoms with Crippen LogP contribution in [0, 0.1) is 6.92 Å². The van der Waals surface area contributed by atoms with Crippen molar-refractivity contribution in [1.29, 1.82) is 0 Å². The van der Waals surface area contributed by atoms with Crippen LogP contribution in [0.15, 0.2) is 106 Å². The summed E-state index contributed by atoms with van der Waals surface area (Å²) < 4.78 is 1.35. The molecule has 0 saturated carbocycles. The third-order valence-corrected chi connectivity index (χ3v) is 5.98. The highest BCUT2D eigenvalue weighted by atomic mass is 32.2. The number of amides is 1. The number of nitrogens with one attached hydrogen (secondary N) is 1. The quantitative estimate of drug-likeness (QED) is 0.448. The number of carbonyl (C=O) groups is 1. The first-order valence-electron chi connectivity index (χ1n) is 10.3. The highest BCUT2D eigenvalue weighted by molar-refractivity contribution is 7.99. The maximum absolute atomic E-state index is 12.6. The van der Waals surface area contributed by atoms with Gasteiger partial charge in [0.05, 0.1) is 11.7 Å². The standard InChI is InChI=1S/C26H23N3O2S/c1-18-8-14-23(15-9-18)32-24-16-17-25(30)29(28-24)22-12-10-21(11-13-22)26(31)27-19(2)20-6-4-3-5-7-20/h3-17,19H,1-2H3,(H,27,31). The molecule has 6 heteroatoms. The van der Waals surface area contributed by atoms with Crippen LogP contribution in [-0.4, -0.2) is 15.7 Å². The average Bonchev–Trinajstić information content (AvgIpc) is 2.82. The largest absolute Gasteiger partial charge is 0.346 e. The van der Waals surface area contributed by atoms with Gasteiger partial charge in [-0.25, -0.2) is 0 Å². The Morgan fingerprint density at radius 2 is 1.59 bits per heavy atom. The van der Waals surface area contributed by atoms with E-state index in [0.29, 0.717) is 16.3 Å². The van der Waals surface area contributed by atoms with Gasteiger partial charge in [-0.2, -0.15) is 9.78 Å². The molecule has 0 fully saturated rings. The van der Waals surface area contributed by atoms with Crippen molar-refractivity contribution in [2.24, 2.45) is 0 Å². The van der Waals surface area contributed by atoms with Crippen molar-refractivity contribution in [3.8, 4) is 5.69 Å². The highest BCUT2D eigenvalue weighted by Gasteiger charge is 2.12. The van der Waals surface area contributed by atoms with E-state index in [2.05, 4.69) is 10.4 Å². The van der Waals surface area contributed by atoms with E-state index in [1.807, 2.05) is 68.4 Å². The average molecular weight is 442 g/mol. The summed E-state index contributed by atoms with van der Waals surface area (Å²) in [5.74, 6) is -0.170. The number of hydrogen-bond acceptors (Lipinski definition) is 4. The Labute approximate surface area is 191 Å². The molecule has 160 valence electrons. The van der Waals surface area contributed by atoms with E-state index in [0.717, 1.165) is 10.5 Å². The summed E-state index contributed by atoms with van der Waals surface area (Å²) in [6.07, 6.45) is 0. The summed E-state index contributed by atoms with van der Waals surface area (Å²) in [6.45, 7) is 3.99. The van der Waals surface area contributed by atoms with E-state index in [4.69, 9.17) is 0 Å². The van der Waals surface area contributed by atoms with Crippen LogP contribution in [0.4, 0.5) is 0 Å². The van der Waals surface area contributed by atoms with Crippen LogP contribution in [0.3, 0.4) is 0 Å². The summed E-state index contributed by atoms with van der Waals surface area (Å²) >= 11 is 1.49. The monoisotopic (exact) mass is 441 g/mol. The maximum Gasteiger partial charge on any atom is 0.271 e. The number of benzene rings is 3. The molecule has 0 bridgehead atoms. The van der Waals surface area contributed by atoms with Crippen molar-refractivity contribution >= 4 is 17.7 Å². The third-order valence-electron chi connectivity index (χ3n) is 5.04. The molecule has 0 aliphatic heterocycles. The molecule has 1 aromatic heterocycles. The second-order valence-corrected chi connectivity index (χ2v) is 8.58. The molecule has 5 nitrogen and oxygen atoms in total. The Balaban J connectivity index is 1.50. The van der Waals surface area contributed by atoms with Crippen LogP contribution in [-0.2, 0) is 0 Å². The van der Waals surface area contributed by atoms with Crippen LogP contribution >= 0.6 is 11.8 Å². The summed E-state index contributed by atoms with van der Waals surface area (Å²) in [7, 11) is 0. The van der Waals surface area contributed by atoms with Crippen molar-refractivity contribution in [3.63, 3.8) is 0 Å². The predicted octanol–water partition coefficient (Wildman–Crippen LogP) is 5.18. The van der Waals surface area contributed by atoms with Crippen molar-refractivity contribution in [2.75, 3.05) is 0 Å². The van der Waals surface area contributed by atoms with Gasteiger partial charge in [0, 0.05) is 16.5 Å². The molecule has 0 aliphatic rings. The fraction of sp³-hybridized carbons (Fsp3) is 0.115. The van der Waals surface area contributed by atoms with Crippen LogP contribution in [0.25, 0.3) is 5.69 Å². The zero-order chi connectivity index (χ0) is 22.5. The van der Waals surface area contributed by atoms with Gasteiger partial charge in [-0.05, 0) is 61.9 Å². The molecule has 1 N–H and O–H groups in total. The molecule has 1 heterocycles. The van der Waals surface area contributed by atoms with E-state index in [-0.39, 0.29) is 17.5 Å². The highest BCUT2D eigenvalue weighted by Crippen LogP contribution is 2.25. The van der Waals surface area contributed by atoms with Gasteiger partial charge in [-0.3, -0.25) is 9.59 Å². The lowest BCUT2D eigenvalue weighted by Gasteiger charge is -2.14. The summed E-state index contributed by atoms with van der Waals surface area (Å²) in [5, 5.41) is 8.20. The fourth-order valence-corrected chi connectivity index (χ4v) is 3.99. The van der Waals surface area contributed by atoms with Gasteiger partial charge in [0.25, 0.3) is 11.5 Å². The first-order chi connectivity index (χ1) is 15.5. The predicted molar refractivity (Wildman–Crippen MR) is 127 cm³/mol. The van der Waals surface area contributed by atoms with Gasteiger partial charge >= 0.3 is 0 Å². The first kappa shape index (κ1) is 21.6. The molecule has 0 aliphatic carbocycles. The number of carbonyl (C=O) groups excluding carboxylic acids is 1. The summed E-state index contributed by atoms with van der Waals surface area (Å²) in [5.41, 5.74) is 3.13. The lowest BCUT2D eigenvalue weighted by molar-refractivity contribution is 0.0940. The molecule has 0 radical (unpaired) electrons. The van der Waals surface area contributed by atoms with Gasteiger partial charge < -0.3 is 5.32 Å². The number of nitrogens with zero attached hydrogens (tertiary/aromatic N) is 2. The van der Waals surface area contributed by atoms with Gasteiger partial charge in [-0.15, -0.1) is 0 Å². The molecule has 3 aromatic carbocycles. The lowest BCUT2D eigenvalue weighted by Crippen LogP contribution is -2.26. The minimum absolute atomic E-state index is 0.108. The van der Waals surface area contributed by atoms with Gasteiger partial charge in [0.2, 0.25) is 0 Å². The number of aromatic nitrogens is 2. The molecule has 1 unspecified atom stereocenters. The van der Waals surface area contributed by atoms with E-state index < -0.39 is 0 Å². The zero-order valence-electron chi connectivity index (χ0n) is 17.9. The van der Waals surface area contributed by atoms with E-state index in [1.165, 1.54) is 28.1 Å². The molecule has 0 spiro atoms. The van der Waals surface area contributed by atoms with Gasteiger partial charge in [0.1, 0.15) is 5.03 Å². The van der Waals surface area contributed by atoms with Gasteiger partial charge in [-0.1, -0.05) is 59.8 Å². The van der Waals surface area contributed by atoms with E-state index >= 15 is 0 Å². The first-order valence-corrected chi connectivity index (χ1v) is 11.1. The topological polar surface area (TPSA) is 64.0 Å². The molecule has 32 heavy (non-hydrogen) atoms. The van der Waals surface area contributed by atoms with Gasteiger partial charge in [0.15, 0.2) is 0 Å². The molecule has 1 atom stereocenters. The Morgan fingerprint density at radius 1 is 0.906 bits per heavy atom. The van der Waals surface area contributed by atoms with Crippen LogP contribution < -0.4 is 10.9 Å². The van der Waals surface area contributed by atoms with Crippen molar-refractivity contribution in [2.45, 2.75) is 29.8 Å². The number of aryl methyl sites for hydroxylation is 1. The zero-order valence-corrected chi connectivity index (χ0v) is 18.7. The van der Waals surface area contributed by atoms with Crippen LogP contribution in [0.2, 0.25) is 0 Å². The molecule has 1 amide bonds. The summed E-state index contributed by atoms with van der Waals surface area (Å²) in [4.78, 5) is 26.1. The van der Waals surface area contributed by atoms with Crippen LogP contribution in [0.1, 0.15) is 34.5 Å². The maximum atomic E-state index is 12.6. The summed E-state index contributed by atoms with van der Waals surface area (Å²) in [6, 6.07) is 27.9. The van der Waals surface area contributed by atoms with Crippen molar-refractivity contribution < 1.29 is 4.79 Å². The fourth-order valence-electron chi connectivity index (χ4n) is 3.22. The third kappa shape index (κ3) is 5.15. The number of rotatable bonds is 6. The Morgan fingerprint density at radius 3 is 2.28 bits per heavy atom. The minimum Gasteiger partial charge on any atom is -0.346 e. The molecule has 4 rings (SSSR count). The molecule has 4 aromatic rings. The van der Waals surface area contributed by atoms with Crippen LogP contribution in [0.5, 0.6) is 0 Å². The van der Waals surface area contributed by atoms with Crippen molar-refractivity contribution in [3.05, 3.63) is 118 Å². The van der Waals surface area contributed by atoms with E-state index in [9.17, 15) is 9.59 Å². The molecular weight excluding hydrogens is 418 g/mol.